The van der Waals surface area contributed by atoms with Crippen molar-refractivity contribution >= 4 is 11.6 Å². The Labute approximate surface area is 203 Å². The fourth-order valence-electron chi connectivity index (χ4n) is 7.28. The van der Waals surface area contributed by atoms with Crippen LogP contribution in [0.25, 0.3) is 0 Å². The van der Waals surface area contributed by atoms with E-state index in [0.29, 0.717) is 36.2 Å². The molecule has 1 N–H and O–H groups in total. The van der Waals surface area contributed by atoms with Gasteiger partial charge in [-0.25, -0.2) is 0 Å². The number of aliphatic hydroxyl groups excluding tert-OH is 1. The molecule has 6 atom stereocenters. The van der Waals surface area contributed by atoms with Crippen LogP contribution in [0.3, 0.4) is 0 Å². The van der Waals surface area contributed by atoms with Crippen molar-refractivity contribution in [3.63, 3.8) is 0 Å². The first kappa shape index (κ1) is 23.3. The number of Topliss-reactive ketones (excluding diaryl/α,β-unsaturated/α-hetero) is 1. The van der Waals surface area contributed by atoms with E-state index in [9.17, 15) is 14.7 Å². The Bertz CT molecular complexity index is 1140. The topological polar surface area (TPSA) is 54.4 Å². The largest absolute Gasteiger partial charge is 0.392 e. The average molecular weight is 457 g/mol. The van der Waals surface area contributed by atoms with Crippen LogP contribution >= 0.6 is 0 Å². The summed E-state index contributed by atoms with van der Waals surface area (Å²) in [7, 11) is 0. The SMILES string of the molecule is CC(=O)c1ccc(C2CC3=C4CC[C@]5(C)C(C#CC(C)C)CC[C@H]5[C@@H]4C(O)CC3=CC2=O)cc1. The van der Waals surface area contributed by atoms with Crippen LogP contribution < -0.4 is 0 Å². The van der Waals surface area contributed by atoms with E-state index < -0.39 is 6.10 Å². The summed E-state index contributed by atoms with van der Waals surface area (Å²) < 4.78 is 0. The Balaban J connectivity index is 1.48. The Kier molecular flexibility index (Phi) is 5.93. The van der Waals surface area contributed by atoms with Gasteiger partial charge in [-0.3, -0.25) is 9.59 Å². The van der Waals surface area contributed by atoms with Gasteiger partial charge in [-0.1, -0.05) is 56.5 Å². The van der Waals surface area contributed by atoms with Crippen molar-refractivity contribution in [1.82, 2.24) is 0 Å². The maximum atomic E-state index is 13.1. The highest BCUT2D eigenvalue weighted by Gasteiger charge is 2.55. The van der Waals surface area contributed by atoms with E-state index in [2.05, 4.69) is 32.6 Å². The molecule has 34 heavy (non-hydrogen) atoms. The maximum absolute atomic E-state index is 13.1. The van der Waals surface area contributed by atoms with E-state index in [1.165, 1.54) is 11.1 Å². The number of fused-ring (bicyclic) bond motifs is 4. The van der Waals surface area contributed by atoms with Gasteiger partial charge in [0.05, 0.1) is 12.0 Å². The standard InChI is InChI=1S/C31H36O3/c1-18(2)5-10-23-11-12-27-30-24(13-14-31(23,27)4)25-17-26(28(33)15-22(25)16-29(30)34)21-8-6-20(7-9-21)19(3)32/h6-9,15,18,23,26-27,29-30,34H,11-14,16-17H2,1-4H3/t23?,26?,27-,29?,30+,31+/m0/s1. The van der Waals surface area contributed by atoms with Gasteiger partial charge < -0.3 is 5.11 Å². The minimum atomic E-state index is -0.411. The number of benzene rings is 1. The van der Waals surface area contributed by atoms with Crippen molar-refractivity contribution in [2.75, 3.05) is 0 Å². The monoisotopic (exact) mass is 456 g/mol. The molecule has 0 heterocycles. The summed E-state index contributed by atoms with van der Waals surface area (Å²) in [5.74, 6) is 8.42. The minimum absolute atomic E-state index is 0.0379. The van der Waals surface area contributed by atoms with Crippen molar-refractivity contribution in [3.05, 3.63) is 58.2 Å². The molecule has 4 aliphatic carbocycles. The molecule has 178 valence electrons. The van der Waals surface area contributed by atoms with E-state index in [1.807, 2.05) is 24.3 Å². The van der Waals surface area contributed by atoms with Crippen molar-refractivity contribution in [2.24, 2.45) is 29.1 Å². The lowest BCUT2D eigenvalue weighted by molar-refractivity contribution is -0.116. The van der Waals surface area contributed by atoms with Crippen molar-refractivity contribution in [2.45, 2.75) is 78.2 Å². The zero-order valence-corrected chi connectivity index (χ0v) is 20.9. The van der Waals surface area contributed by atoms with Crippen LogP contribution in [-0.2, 0) is 4.79 Å². The molecule has 3 unspecified atom stereocenters. The predicted octanol–water partition coefficient (Wildman–Crippen LogP) is 6.04. The Morgan fingerprint density at radius 1 is 1.15 bits per heavy atom. The number of aliphatic hydroxyl groups is 1. The summed E-state index contributed by atoms with van der Waals surface area (Å²) in [5.41, 5.74) is 5.60. The zero-order valence-electron chi connectivity index (χ0n) is 20.9. The first-order valence-corrected chi connectivity index (χ1v) is 13.0. The fourth-order valence-corrected chi connectivity index (χ4v) is 7.28. The van der Waals surface area contributed by atoms with Gasteiger partial charge in [-0.15, -0.1) is 5.92 Å². The highest BCUT2D eigenvalue weighted by molar-refractivity contribution is 5.99. The Morgan fingerprint density at radius 3 is 2.56 bits per heavy atom. The number of hydrogen-bond donors (Lipinski definition) is 1. The molecule has 0 radical (unpaired) electrons. The second-order valence-electron chi connectivity index (χ2n) is 11.5. The van der Waals surface area contributed by atoms with Crippen molar-refractivity contribution < 1.29 is 14.7 Å². The quantitative estimate of drug-likeness (QED) is 0.436. The van der Waals surface area contributed by atoms with Crippen LogP contribution in [0, 0.1) is 40.9 Å². The smallest absolute Gasteiger partial charge is 0.163 e. The molecule has 0 bridgehead atoms. The number of ketones is 2. The molecule has 0 aliphatic heterocycles. The van der Waals surface area contributed by atoms with Gasteiger partial charge in [-0.05, 0) is 79.6 Å². The third-order valence-corrected chi connectivity index (χ3v) is 9.13. The molecule has 1 aromatic rings. The normalized spacial score (nSPS) is 34.6. The average Bonchev–Trinajstić information content (AvgIpc) is 3.13. The highest BCUT2D eigenvalue weighted by atomic mass is 16.3. The van der Waals surface area contributed by atoms with E-state index in [0.717, 1.165) is 36.8 Å². The molecule has 5 rings (SSSR count). The van der Waals surface area contributed by atoms with Gasteiger partial charge in [0.1, 0.15) is 0 Å². The zero-order chi connectivity index (χ0) is 24.2. The maximum Gasteiger partial charge on any atom is 0.163 e. The molecular formula is C31H36O3. The summed E-state index contributed by atoms with van der Waals surface area (Å²) in [6, 6.07) is 7.54. The Morgan fingerprint density at radius 2 is 1.88 bits per heavy atom. The molecule has 4 aliphatic rings. The van der Waals surface area contributed by atoms with Crippen molar-refractivity contribution in [1.29, 1.82) is 0 Å². The second kappa shape index (κ2) is 8.65. The molecule has 1 aromatic carbocycles. The summed E-state index contributed by atoms with van der Waals surface area (Å²) in [6.07, 6.45) is 7.03. The fraction of sp³-hybridized carbons (Fsp3) is 0.548. The third-order valence-electron chi connectivity index (χ3n) is 9.13. The van der Waals surface area contributed by atoms with Gasteiger partial charge in [0.15, 0.2) is 11.6 Å². The summed E-state index contributed by atoms with van der Waals surface area (Å²) in [4.78, 5) is 24.7. The molecule has 3 nitrogen and oxygen atoms in total. The van der Waals surface area contributed by atoms with Crippen molar-refractivity contribution in [3.8, 4) is 11.8 Å². The minimum Gasteiger partial charge on any atom is -0.392 e. The molecule has 0 amide bonds. The number of carbonyl (C=O) groups is 2. The number of allylic oxidation sites excluding steroid dienone is 2. The number of rotatable bonds is 2. The lowest BCUT2D eigenvalue weighted by Crippen LogP contribution is -2.45. The van der Waals surface area contributed by atoms with Crippen LogP contribution in [0.15, 0.2) is 47.1 Å². The predicted molar refractivity (Wildman–Crippen MR) is 134 cm³/mol. The molecular weight excluding hydrogens is 420 g/mol. The number of carbonyl (C=O) groups excluding carboxylic acids is 2. The van der Waals surface area contributed by atoms with Crippen LogP contribution in [0.5, 0.6) is 0 Å². The molecule has 2 saturated carbocycles. The lowest BCUT2D eigenvalue weighted by Gasteiger charge is -2.50. The third kappa shape index (κ3) is 3.81. The van der Waals surface area contributed by atoms with E-state index in [1.54, 1.807) is 13.0 Å². The molecule has 0 saturated heterocycles. The van der Waals surface area contributed by atoms with Gasteiger partial charge in [0.2, 0.25) is 0 Å². The van der Waals surface area contributed by atoms with E-state index >= 15 is 0 Å². The lowest BCUT2D eigenvalue weighted by atomic mass is 9.55. The van der Waals surface area contributed by atoms with Gasteiger partial charge in [-0.2, -0.15) is 0 Å². The molecule has 2 fully saturated rings. The van der Waals surface area contributed by atoms with Gasteiger partial charge >= 0.3 is 0 Å². The van der Waals surface area contributed by atoms with Crippen LogP contribution in [0.4, 0.5) is 0 Å². The van der Waals surface area contributed by atoms with Crippen LogP contribution in [0.2, 0.25) is 0 Å². The van der Waals surface area contributed by atoms with Crippen LogP contribution in [-0.4, -0.2) is 22.8 Å². The molecule has 0 spiro atoms. The van der Waals surface area contributed by atoms with Crippen LogP contribution in [0.1, 0.15) is 88.1 Å². The first-order chi connectivity index (χ1) is 16.2. The summed E-state index contributed by atoms with van der Waals surface area (Å²) >= 11 is 0. The van der Waals surface area contributed by atoms with Gasteiger partial charge in [0.25, 0.3) is 0 Å². The summed E-state index contributed by atoms with van der Waals surface area (Å²) in [6.45, 7) is 8.28. The summed E-state index contributed by atoms with van der Waals surface area (Å²) in [5, 5.41) is 11.3. The molecule has 0 aromatic heterocycles. The van der Waals surface area contributed by atoms with Gasteiger partial charge in [0, 0.05) is 23.3 Å². The van der Waals surface area contributed by atoms with E-state index in [4.69, 9.17) is 0 Å². The van der Waals surface area contributed by atoms with E-state index in [-0.39, 0.29) is 28.8 Å². The molecule has 3 heteroatoms. The Hall–Kier alpha value is -2.44. The highest BCUT2D eigenvalue weighted by Crippen LogP contribution is 2.62. The first-order valence-electron chi connectivity index (χ1n) is 13.0. The number of hydrogen-bond acceptors (Lipinski definition) is 3. The second-order valence-corrected chi connectivity index (χ2v) is 11.5.